The molecule has 96 valence electrons. The number of thiazole rings is 1. The van der Waals surface area contributed by atoms with Crippen molar-refractivity contribution in [2.75, 3.05) is 5.32 Å². The molecule has 0 aliphatic rings. The maximum atomic E-state index is 13.1. The number of hydrogen-bond donors (Lipinski definition) is 1. The van der Waals surface area contributed by atoms with Crippen LogP contribution in [0.5, 0.6) is 0 Å². The number of fused-ring (bicyclic) bond motifs is 1. The molecule has 1 N–H and O–H groups in total. The Morgan fingerprint density at radius 2 is 1.95 bits per heavy atom. The second-order valence-corrected chi connectivity index (χ2v) is 5.75. The highest BCUT2D eigenvalue weighted by molar-refractivity contribution is 7.22. The molecule has 19 heavy (non-hydrogen) atoms. The summed E-state index contributed by atoms with van der Waals surface area (Å²) in [4.78, 5) is 4.36. The van der Waals surface area contributed by atoms with E-state index in [4.69, 9.17) is 23.2 Å². The zero-order chi connectivity index (χ0) is 13.4. The molecular formula is C13H7Cl2FN2S. The van der Waals surface area contributed by atoms with Gasteiger partial charge in [-0.05, 0) is 36.4 Å². The lowest BCUT2D eigenvalue weighted by Gasteiger charge is -2.04. The van der Waals surface area contributed by atoms with Crippen LogP contribution >= 0.6 is 34.5 Å². The highest BCUT2D eigenvalue weighted by atomic mass is 35.5. The number of hydrogen-bond acceptors (Lipinski definition) is 3. The summed E-state index contributed by atoms with van der Waals surface area (Å²) >= 11 is 13.3. The number of benzene rings is 2. The number of aromatic nitrogens is 1. The van der Waals surface area contributed by atoms with Gasteiger partial charge in [-0.15, -0.1) is 0 Å². The predicted molar refractivity (Wildman–Crippen MR) is 79.3 cm³/mol. The third-order valence-electron chi connectivity index (χ3n) is 2.52. The van der Waals surface area contributed by atoms with E-state index in [-0.39, 0.29) is 5.82 Å². The fourth-order valence-electron chi connectivity index (χ4n) is 1.66. The van der Waals surface area contributed by atoms with Crippen molar-refractivity contribution >= 4 is 55.6 Å². The molecule has 1 heterocycles. The topological polar surface area (TPSA) is 24.9 Å². The molecule has 0 saturated heterocycles. The molecule has 6 heteroatoms. The summed E-state index contributed by atoms with van der Waals surface area (Å²) in [5, 5.41) is 4.84. The number of anilines is 2. The minimum absolute atomic E-state index is 0.271. The van der Waals surface area contributed by atoms with Gasteiger partial charge in [-0.3, -0.25) is 0 Å². The molecule has 0 bridgehead atoms. The molecule has 3 rings (SSSR count). The van der Waals surface area contributed by atoms with Crippen LogP contribution in [0.15, 0.2) is 36.4 Å². The first-order valence-electron chi connectivity index (χ1n) is 5.40. The highest BCUT2D eigenvalue weighted by Gasteiger charge is 2.07. The lowest BCUT2D eigenvalue weighted by Crippen LogP contribution is -1.89. The third kappa shape index (κ3) is 2.66. The number of halogens is 3. The van der Waals surface area contributed by atoms with E-state index in [1.807, 2.05) is 0 Å². The zero-order valence-corrected chi connectivity index (χ0v) is 11.8. The Kier molecular flexibility index (Phi) is 3.31. The Labute approximate surface area is 122 Å². The van der Waals surface area contributed by atoms with E-state index >= 15 is 0 Å². The third-order valence-corrected chi connectivity index (χ3v) is 4.00. The molecule has 0 aliphatic carbocycles. The van der Waals surface area contributed by atoms with Crippen LogP contribution in [0.25, 0.3) is 10.2 Å². The summed E-state index contributed by atoms with van der Waals surface area (Å²) in [6.45, 7) is 0. The number of nitrogens with zero attached hydrogens (tertiary/aromatic N) is 1. The van der Waals surface area contributed by atoms with Gasteiger partial charge in [0.2, 0.25) is 0 Å². The van der Waals surface area contributed by atoms with Crippen LogP contribution in [0.4, 0.5) is 15.2 Å². The van der Waals surface area contributed by atoms with Gasteiger partial charge < -0.3 is 5.32 Å². The molecule has 2 nitrogen and oxygen atoms in total. The van der Waals surface area contributed by atoms with Gasteiger partial charge in [0.25, 0.3) is 0 Å². The molecular weight excluding hydrogens is 306 g/mol. The summed E-state index contributed by atoms with van der Waals surface area (Å²) in [6.07, 6.45) is 0. The summed E-state index contributed by atoms with van der Waals surface area (Å²) in [7, 11) is 0. The largest absolute Gasteiger partial charge is 0.330 e. The zero-order valence-electron chi connectivity index (χ0n) is 9.45. The minimum Gasteiger partial charge on any atom is -0.330 e. The SMILES string of the molecule is Fc1ccc2nc(Nc3ccc(Cl)cc3Cl)sc2c1. The fraction of sp³-hybridized carbons (Fsp3) is 0. The van der Waals surface area contributed by atoms with Crippen LogP contribution in [-0.4, -0.2) is 4.98 Å². The van der Waals surface area contributed by atoms with Crippen molar-refractivity contribution < 1.29 is 4.39 Å². The molecule has 0 atom stereocenters. The van der Waals surface area contributed by atoms with Crippen molar-refractivity contribution in [2.45, 2.75) is 0 Å². The van der Waals surface area contributed by atoms with Gasteiger partial charge in [0, 0.05) is 5.02 Å². The Hall–Kier alpha value is -1.36. The van der Waals surface area contributed by atoms with Gasteiger partial charge in [-0.2, -0.15) is 0 Å². The smallest absolute Gasteiger partial charge is 0.188 e. The van der Waals surface area contributed by atoms with Gasteiger partial charge in [0.1, 0.15) is 5.82 Å². The Morgan fingerprint density at radius 1 is 1.11 bits per heavy atom. The molecule has 0 spiro atoms. The van der Waals surface area contributed by atoms with E-state index in [2.05, 4.69) is 10.3 Å². The number of rotatable bonds is 2. The summed E-state index contributed by atoms with van der Waals surface area (Å²) in [6, 6.07) is 9.66. The maximum absolute atomic E-state index is 13.1. The van der Waals surface area contributed by atoms with Crippen molar-refractivity contribution in [1.29, 1.82) is 0 Å². The van der Waals surface area contributed by atoms with Crippen LogP contribution in [0.3, 0.4) is 0 Å². The first-order chi connectivity index (χ1) is 9.11. The van der Waals surface area contributed by atoms with Crippen LogP contribution in [-0.2, 0) is 0 Å². The molecule has 2 aromatic carbocycles. The molecule has 0 saturated carbocycles. The first-order valence-corrected chi connectivity index (χ1v) is 6.97. The first kappa shape index (κ1) is 12.7. The predicted octanol–water partition coefficient (Wildman–Crippen LogP) is 5.49. The molecule has 3 aromatic rings. The second kappa shape index (κ2) is 4.96. The second-order valence-electron chi connectivity index (χ2n) is 3.88. The molecule has 0 radical (unpaired) electrons. The maximum Gasteiger partial charge on any atom is 0.188 e. The van der Waals surface area contributed by atoms with E-state index in [0.717, 1.165) is 10.2 Å². The Balaban J connectivity index is 1.96. The van der Waals surface area contributed by atoms with Gasteiger partial charge >= 0.3 is 0 Å². The molecule has 1 aromatic heterocycles. The lowest BCUT2D eigenvalue weighted by molar-refractivity contribution is 0.630. The molecule has 0 amide bonds. The summed E-state index contributed by atoms with van der Waals surface area (Å²) in [5.41, 5.74) is 1.46. The summed E-state index contributed by atoms with van der Waals surface area (Å²) in [5.74, 6) is -0.271. The van der Waals surface area contributed by atoms with Gasteiger partial charge in [0.05, 0.1) is 20.9 Å². The van der Waals surface area contributed by atoms with Crippen LogP contribution in [0, 0.1) is 5.82 Å². The molecule has 0 aliphatic heterocycles. The Morgan fingerprint density at radius 3 is 2.74 bits per heavy atom. The van der Waals surface area contributed by atoms with Gasteiger partial charge in [0.15, 0.2) is 5.13 Å². The van der Waals surface area contributed by atoms with E-state index in [0.29, 0.717) is 20.9 Å². The van der Waals surface area contributed by atoms with Crippen LogP contribution < -0.4 is 5.32 Å². The average molecular weight is 313 g/mol. The minimum atomic E-state index is -0.271. The van der Waals surface area contributed by atoms with Crippen molar-refractivity contribution in [1.82, 2.24) is 4.98 Å². The van der Waals surface area contributed by atoms with E-state index in [1.54, 1.807) is 24.3 Å². The summed E-state index contributed by atoms with van der Waals surface area (Å²) < 4.78 is 13.9. The van der Waals surface area contributed by atoms with Gasteiger partial charge in [-0.1, -0.05) is 34.5 Å². The average Bonchev–Trinajstić information content (AvgIpc) is 2.74. The molecule has 0 fully saturated rings. The lowest BCUT2D eigenvalue weighted by atomic mass is 10.3. The van der Waals surface area contributed by atoms with E-state index in [1.165, 1.54) is 23.5 Å². The van der Waals surface area contributed by atoms with Crippen molar-refractivity contribution in [3.05, 3.63) is 52.3 Å². The number of nitrogens with one attached hydrogen (secondary N) is 1. The Bertz CT molecular complexity index is 757. The van der Waals surface area contributed by atoms with Crippen LogP contribution in [0.1, 0.15) is 0 Å². The van der Waals surface area contributed by atoms with Gasteiger partial charge in [-0.25, -0.2) is 9.37 Å². The fourth-order valence-corrected chi connectivity index (χ4v) is 3.02. The standard InChI is InChI=1S/C13H7Cl2FN2S/c14-7-1-3-10(9(15)5-7)17-13-18-11-4-2-8(16)6-12(11)19-13/h1-6H,(H,17,18). The monoisotopic (exact) mass is 312 g/mol. The van der Waals surface area contributed by atoms with Crippen molar-refractivity contribution in [2.24, 2.45) is 0 Å². The van der Waals surface area contributed by atoms with E-state index in [9.17, 15) is 4.39 Å². The van der Waals surface area contributed by atoms with Crippen LogP contribution in [0.2, 0.25) is 10.0 Å². The quantitative estimate of drug-likeness (QED) is 0.677. The van der Waals surface area contributed by atoms with E-state index < -0.39 is 0 Å². The molecule has 0 unspecified atom stereocenters. The highest BCUT2D eigenvalue weighted by Crippen LogP contribution is 2.32. The normalized spacial score (nSPS) is 10.9. The van der Waals surface area contributed by atoms with Crippen molar-refractivity contribution in [3.63, 3.8) is 0 Å². The van der Waals surface area contributed by atoms with Crippen molar-refractivity contribution in [3.8, 4) is 0 Å².